The number of rotatable bonds is 5. The van der Waals surface area contributed by atoms with Crippen LogP contribution in [0.3, 0.4) is 0 Å². The molecule has 9 heteroatoms. The van der Waals surface area contributed by atoms with Gasteiger partial charge < -0.3 is 15.4 Å². The number of aromatic amines is 1. The predicted octanol–water partition coefficient (Wildman–Crippen LogP) is 0.827. The molecule has 1 amide bonds. The maximum atomic E-state index is 11.0. The average Bonchev–Trinajstić information content (AvgIpc) is 3.22. The van der Waals surface area contributed by atoms with Crippen molar-refractivity contribution in [1.82, 2.24) is 25.9 Å². The van der Waals surface area contributed by atoms with E-state index in [1.165, 1.54) is 6.20 Å². The molecule has 1 unspecified atom stereocenters. The van der Waals surface area contributed by atoms with Crippen molar-refractivity contribution < 1.29 is 9.53 Å². The summed E-state index contributed by atoms with van der Waals surface area (Å²) in [4.78, 5) is 11.0. The number of H-pyrrole nitrogens is 1. The van der Waals surface area contributed by atoms with Gasteiger partial charge in [0.1, 0.15) is 18.2 Å². The molecule has 2 aromatic rings. The molecule has 1 aliphatic heterocycles. The smallest absolute Gasteiger partial charge is 0.407 e. The first-order valence-electron chi connectivity index (χ1n) is 6.87. The first kappa shape index (κ1) is 14.5. The second kappa shape index (κ2) is 6.57. The minimum absolute atomic E-state index is 0.00429. The van der Waals surface area contributed by atoms with Crippen molar-refractivity contribution in [2.75, 3.05) is 11.9 Å². The van der Waals surface area contributed by atoms with Gasteiger partial charge in [0.15, 0.2) is 0 Å². The Morgan fingerprint density at radius 3 is 2.91 bits per heavy atom. The Morgan fingerprint density at radius 1 is 1.48 bits per heavy atom. The highest BCUT2D eigenvalue weighted by atomic mass is 16.6. The van der Waals surface area contributed by atoms with E-state index in [4.69, 9.17) is 10.00 Å². The lowest BCUT2D eigenvalue weighted by molar-refractivity contribution is 0.177. The molecule has 1 aliphatic rings. The first-order valence-corrected chi connectivity index (χ1v) is 6.87. The van der Waals surface area contributed by atoms with Gasteiger partial charge in [-0.25, -0.2) is 4.79 Å². The minimum atomic E-state index is -0.371. The molecule has 0 radical (unpaired) electrons. The van der Waals surface area contributed by atoms with E-state index in [1.54, 1.807) is 0 Å². The van der Waals surface area contributed by atoms with Crippen LogP contribution < -0.4 is 10.6 Å². The molecule has 1 aromatic carbocycles. The van der Waals surface area contributed by atoms with E-state index in [0.717, 1.165) is 11.3 Å². The van der Waals surface area contributed by atoms with E-state index >= 15 is 0 Å². The molecule has 0 aliphatic carbocycles. The van der Waals surface area contributed by atoms with Gasteiger partial charge in [-0.1, -0.05) is 12.1 Å². The van der Waals surface area contributed by atoms with Gasteiger partial charge in [-0.05, 0) is 29.3 Å². The number of cyclic esters (lactones) is 1. The average molecular weight is 311 g/mol. The SMILES string of the molecule is N#CC(=CNc1ccc(CC2COC(=O)N2)cc1)c1nn[nH]n1. The second-order valence-corrected chi connectivity index (χ2v) is 4.89. The van der Waals surface area contributed by atoms with Gasteiger partial charge in [0.05, 0.1) is 6.04 Å². The molecule has 3 N–H and O–H groups in total. The summed E-state index contributed by atoms with van der Waals surface area (Å²) in [5.41, 5.74) is 2.17. The summed E-state index contributed by atoms with van der Waals surface area (Å²) < 4.78 is 4.85. The lowest BCUT2D eigenvalue weighted by atomic mass is 10.1. The zero-order valence-electron chi connectivity index (χ0n) is 12.0. The number of hydrogen-bond donors (Lipinski definition) is 3. The standard InChI is InChI=1S/C14H13N7O2/c15-6-10(13-18-20-21-19-13)7-16-11-3-1-9(2-4-11)5-12-8-23-14(22)17-12/h1-4,7,12,16H,5,8H2,(H,17,22)(H,18,19,20,21). The highest BCUT2D eigenvalue weighted by Crippen LogP contribution is 2.14. The topological polar surface area (TPSA) is 129 Å². The molecule has 1 atom stereocenters. The molecular weight excluding hydrogens is 298 g/mol. The van der Waals surface area contributed by atoms with Crippen LogP contribution >= 0.6 is 0 Å². The van der Waals surface area contributed by atoms with Crippen molar-refractivity contribution in [3.8, 4) is 6.07 Å². The van der Waals surface area contributed by atoms with Crippen molar-refractivity contribution in [2.24, 2.45) is 0 Å². The summed E-state index contributed by atoms with van der Waals surface area (Å²) >= 11 is 0. The van der Waals surface area contributed by atoms with E-state index < -0.39 is 0 Å². The van der Waals surface area contributed by atoms with Crippen LogP contribution in [0, 0.1) is 11.3 Å². The van der Waals surface area contributed by atoms with Gasteiger partial charge in [-0.2, -0.15) is 10.5 Å². The normalized spacial score (nSPS) is 17.3. The third-order valence-corrected chi connectivity index (χ3v) is 3.26. The Balaban J connectivity index is 1.61. The Hall–Kier alpha value is -3.41. The monoisotopic (exact) mass is 311 g/mol. The Morgan fingerprint density at radius 2 is 2.30 bits per heavy atom. The number of hydrogen-bond acceptors (Lipinski definition) is 7. The van der Waals surface area contributed by atoms with E-state index in [0.29, 0.717) is 13.0 Å². The van der Waals surface area contributed by atoms with E-state index in [9.17, 15) is 4.79 Å². The van der Waals surface area contributed by atoms with Crippen LogP contribution in [0.2, 0.25) is 0 Å². The third kappa shape index (κ3) is 3.62. The molecule has 0 spiro atoms. The lowest BCUT2D eigenvalue weighted by Gasteiger charge is -2.08. The first-order chi connectivity index (χ1) is 11.2. The van der Waals surface area contributed by atoms with Crippen LogP contribution in [-0.2, 0) is 11.2 Å². The summed E-state index contributed by atoms with van der Waals surface area (Å²) in [6.07, 6.45) is 1.85. The van der Waals surface area contributed by atoms with Gasteiger partial charge in [0.25, 0.3) is 0 Å². The molecule has 3 rings (SSSR count). The molecule has 1 aromatic heterocycles. The number of nitrogens with one attached hydrogen (secondary N) is 3. The van der Waals surface area contributed by atoms with Crippen LogP contribution in [-0.4, -0.2) is 39.4 Å². The quantitative estimate of drug-likeness (QED) is 0.697. The molecule has 0 bridgehead atoms. The number of benzene rings is 1. The summed E-state index contributed by atoms with van der Waals surface area (Å²) in [6, 6.07) is 9.66. The number of alkyl carbamates (subject to hydrolysis) is 1. The molecule has 9 nitrogen and oxygen atoms in total. The molecular formula is C14H13N7O2. The van der Waals surface area contributed by atoms with Crippen molar-refractivity contribution in [2.45, 2.75) is 12.5 Å². The molecule has 23 heavy (non-hydrogen) atoms. The predicted molar refractivity (Wildman–Crippen MR) is 79.8 cm³/mol. The minimum Gasteiger partial charge on any atom is -0.447 e. The summed E-state index contributed by atoms with van der Waals surface area (Å²) in [5, 5.41) is 28.0. The number of ether oxygens (including phenoxy) is 1. The van der Waals surface area contributed by atoms with Crippen LogP contribution in [0.25, 0.3) is 5.57 Å². The fourth-order valence-corrected chi connectivity index (χ4v) is 2.14. The largest absolute Gasteiger partial charge is 0.447 e. The fourth-order valence-electron chi connectivity index (χ4n) is 2.14. The number of nitriles is 1. The van der Waals surface area contributed by atoms with Gasteiger partial charge in [-0.15, -0.1) is 10.2 Å². The van der Waals surface area contributed by atoms with Gasteiger partial charge in [0, 0.05) is 11.9 Å². The Kier molecular flexibility index (Phi) is 4.15. The zero-order valence-corrected chi connectivity index (χ0v) is 12.0. The molecule has 2 heterocycles. The molecule has 1 fully saturated rings. The maximum Gasteiger partial charge on any atom is 0.407 e. The number of aromatic nitrogens is 4. The van der Waals surface area contributed by atoms with Gasteiger partial charge in [0.2, 0.25) is 5.82 Å². The number of carbonyl (C=O) groups excluding carboxylic acids is 1. The maximum absolute atomic E-state index is 11.0. The van der Waals surface area contributed by atoms with Crippen molar-refractivity contribution >= 4 is 17.4 Å². The second-order valence-electron chi connectivity index (χ2n) is 4.89. The fraction of sp³-hybridized carbons (Fsp3) is 0.214. The zero-order chi connectivity index (χ0) is 16.1. The number of carbonyl (C=O) groups is 1. The molecule has 116 valence electrons. The summed E-state index contributed by atoms with van der Waals surface area (Å²) in [7, 11) is 0. The van der Waals surface area contributed by atoms with Crippen molar-refractivity contribution in [1.29, 1.82) is 5.26 Å². The number of tetrazole rings is 1. The van der Waals surface area contributed by atoms with Crippen molar-refractivity contribution in [3.05, 3.63) is 41.9 Å². The van der Waals surface area contributed by atoms with E-state index in [-0.39, 0.29) is 23.5 Å². The highest BCUT2D eigenvalue weighted by molar-refractivity contribution is 5.74. The highest BCUT2D eigenvalue weighted by Gasteiger charge is 2.21. The molecule has 1 saturated heterocycles. The number of nitrogens with zero attached hydrogens (tertiary/aromatic N) is 4. The van der Waals surface area contributed by atoms with Crippen LogP contribution in [0.4, 0.5) is 10.5 Å². The molecule has 0 saturated carbocycles. The van der Waals surface area contributed by atoms with Crippen LogP contribution in [0.1, 0.15) is 11.4 Å². The Labute approximate surface area is 131 Å². The third-order valence-electron chi connectivity index (χ3n) is 3.26. The van der Waals surface area contributed by atoms with E-state index in [1.807, 2.05) is 30.3 Å². The van der Waals surface area contributed by atoms with Crippen LogP contribution in [0.15, 0.2) is 30.5 Å². The van der Waals surface area contributed by atoms with Gasteiger partial charge in [-0.3, -0.25) is 0 Å². The summed E-state index contributed by atoms with van der Waals surface area (Å²) in [5.74, 6) is 0.230. The number of allylic oxidation sites excluding steroid dienone is 1. The van der Waals surface area contributed by atoms with Crippen LogP contribution in [0.5, 0.6) is 0 Å². The number of anilines is 1. The van der Waals surface area contributed by atoms with E-state index in [2.05, 4.69) is 31.3 Å². The Bertz CT molecular complexity index is 746. The van der Waals surface area contributed by atoms with Gasteiger partial charge >= 0.3 is 6.09 Å². The lowest BCUT2D eigenvalue weighted by Crippen LogP contribution is -2.28. The number of amides is 1. The summed E-state index contributed by atoms with van der Waals surface area (Å²) in [6.45, 7) is 0.387. The van der Waals surface area contributed by atoms with Crippen molar-refractivity contribution in [3.63, 3.8) is 0 Å².